The molecule has 1 amide bonds. The van der Waals surface area contributed by atoms with Crippen LogP contribution in [0.1, 0.15) is 43.5 Å². The van der Waals surface area contributed by atoms with Crippen molar-refractivity contribution in [3.63, 3.8) is 0 Å². The maximum Gasteiger partial charge on any atom is 0.339 e. The summed E-state index contributed by atoms with van der Waals surface area (Å²) in [5.74, 6) is -1.33. The van der Waals surface area contributed by atoms with E-state index in [2.05, 4.69) is 10.3 Å². The molecule has 0 aromatic carbocycles. The third-order valence-electron chi connectivity index (χ3n) is 4.12. The second-order valence-electron chi connectivity index (χ2n) is 5.82. The molecule has 1 fully saturated rings. The number of carboxylic acid groups (broad SMARTS) is 1. The van der Waals surface area contributed by atoms with Gasteiger partial charge >= 0.3 is 11.9 Å². The first kappa shape index (κ1) is 21.7. The Bertz CT molecular complexity index is 660. The highest BCUT2D eigenvalue weighted by Gasteiger charge is 2.28. The fraction of sp³-hybridized carbons (Fsp3) is 0.529. The summed E-state index contributed by atoms with van der Waals surface area (Å²) in [6.45, 7) is 4.89. The number of carboxylic acids is 1. The number of carbonyl (C=O) groups excluding carboxylic acids is 2. The van der Waals surface area contributed by atoms with Gasteiger partial charge in [-0.15, -0.1) is 12.4 Å². The van der Waals surface area contributed by atoms with Gasteiger partial charge in [-0.3, -0.25) is 9.59 Å². The van der Waals surface area contributed by atoms with E-state index in [1.807, 2.05) is 4.90 Å². The molecule has 9 heteroatoms. The van der Waals surface area contributed by atoms with Crippen LogP contribution in [-0.2, 0) is 14.3 Å². The first-order chi connectivity index (χ1) is 12.0. The Balaban J connectivity index is 0.00000338. The molecule has 0 bridgehead atoms. The van der Waals surface area contributed by atoms with Crippen molar-refractivity contribution in [2.75, 3.05) is 29.9 Å². The highest BCUT2D eigenvalue weighted by molar-refractivity contribution is 5.97. The number of aromatic carboxylic acids is 1. The van der Waals surface area contributed by atoms with Gasteiger partial charge in [0, 0.05) is 19.5 Å². The van der Waals surface area contributed by atoms with Crippen LogP contribution < -0.4 is 10.2 Å². The van der Waals surface area contributed by atoms with E-state index in [9.17, 15) is 19.5 Å². The molecule has 1 saturated heterocycles. The standard InChI is InChI=1S/C17H23N3O5.ClH/c1-3-14(21)19-12-9-13(16(22)23)15(18-10-12)20-7-5-11(6-8-20)17(24)25-4-2;/h9-11H,3-8H2,1-2H3,(H,19,21)(H,22,23);1H. The maximum atomic E-state index is 11.8. The molecule has 0 aliphatic carbocycles. The lowest BCUT2D eigenvalue weighted by atomic mass is 9.96. The molecule has 0 saturated carbocycles. The van der Waals surface area contributed by atoms with Crippen molar-refractivity contribution >= 4 is 41.8 Å². The van der Waals surface area contributed by atoms with Crippen LogP contribution in [0, 0.1) is 5.92 Å². The quantitative estimate of drug-likeness (QED) is 0.723. The first-order valence-electron chi connectivity index (χ1n) is 8.41. The zero-order chi connectivity index (χ0) is 18.4. The lowest BCUT2D eigenvalue weighted by Gasteiger charge is -2.32. The summed E-state index contributed by atoms with van der Waals surface area (Å²) in [6.07, 6.45) is 2.93. The molecule has 26 heavy (non-hydrogen) atoms. The zero-order valence-corrected chi connectivity index (χ0v) is 15.7. The summed E-state index contributed by atoms with van der Waals surface area (Å²) in [5, 5.41) is 12.1. The largest absolute Gasteiger partial charge is 0.478 e. The van der Waals surface area contributed by atoms with Gasteiger partial charge in [0.25, 0.3) is 0 Å². The Morgan fingerprint density at radius 1 is 1.31 bits per heavy atom. The summed E-state index contributed by atoms with van der Waals surface area (Å²) in [5.41, 5.74) is 0.387. The molecule has 2 N–H and O–H groups in total. The molecule has 1 aliphatic rings. The topological polar surface area (TPSA) is 109 Å². The normalized spacial score (nSPS) is 14.3. The van der Waals surface area contributed by atoms with E-state index in [1.165, 1.54) is 12.3 Å². The van der Waals surface area contributed by atoms with Gasteiger partial charge in [-0.2, -0.15) is 0 Å². The second kappa shape index (κ2) is 9.96. The van der Waals surface area contributed by atoms with Crippen LogP contribution in [0.5, 0.6) is 0 Å². The fourth-order valence-corrected chi connectivity index (χ4v) is 2.77. The number of hydrogen-bond acceptors (Lipinski definition) is 6. The third-order valence-corrected chi connectivity index (χ3v) is 4.12. The Morgan fingerprint density at radius 3 is 2.50 bits per heavy atom. The van der Waals surface area contributed by atoms with Crippen molar-refractivity contribution in [2.24, 2.45) is 5.92 Å². The highest BCUT2D eigenvalue weighted by atomic mass is 35.5. The van der Waals surface area contributed by atoms with Crippen molar-refractivity contribution < 1.29 is 24.2 Å². The zero-order valence-electron chi connectivity index (χ0n) is 14.9. The molecule has 1 aromatic rings. The van der Waals surface area contributed by atoms with E-state index >= 15 is 0 Å². The Morgan fingerprint density at radius 2 is 1.96 bits per heavy atom. The predicted molar refractivity (Wildman–Crippen MR) is 98.9 cm³/mol. The van der Waals surface area contributed by atoms with Crippen molar-refractivity contribution in [2.45, 2.75) is 33.1 Å². The molecular formula is C17H24ClN3O5. The lowest BCUT2D eigenvalue weighted by molar-refractivity contribution is -0.148. The average Bonchev–Trinajstić information content (AvgIpc) is 2.62. The number of hydrogen-bond donors (Lipinski definition) is 2. The summed E-state index contributed by atoms with van der Waals surface area (Å²) in [6, 6.07) is 1.41. The molecule has 0 unspecified atom stereocenters. The number of nitrogens with one attached hydrogen (secondary N) is 1. The molecule has 1 aliphatic heterocycles. The molecule has 0 radical (unpaired) electrons. The Hall–Kier alpha value is -2.35. The minimum atomic E-state index is -1.11. The van der Waals surface area contributed by atoms with Crippen LogP contribution in [0.4, 0.5) is 11.5 Å². The number of halogens is 1. The van der Waals surface area contributed by atoms with Crippen LogP contribution in [0.25, 0.3) is 0 Å². The predicted octanol–water partition coefficient (Wildman–Crippen LogP) is 2.33. The summed E-state index contributed by atoms with van der Waals surface area (Å²) >= 11 is 0. The first-order valence-corrected chi connectivity index (χ1v) is 8.41. The van der Waals surface area contributed by atoms with E-state index in [-0.39, 0.29) is 35.8 Å². The molecular weight excluding hydrogens is 362 g/mol. The number of esters is 1. The molecule has 0 spiro atoms. The summed E-state index contributed by atoms with van der Waals surface area (Å²) in [7, 11) is 0. The average molecular weight is 386 g/mol. The number of aromatic nitrogens is 1. The van der Waals surface area contributed by atoms with E-state index < -0.39 is 5.97 Å². The number of amides is 1. The van der Waals surface area contributed by atoms with Crippen molar-refractivity contribution in [3.05, 3.63) is 17.8 Å². The third kappa shape index (κ3) is 5.32. The lowest BCUT2D eigenvalue weighted by Crippen LogP contribution is -2.38. The van der Waals surface area contributed by atoms with Crippen LogP contribution in [0.2, 0.25) is 0 Å². The number of pyridine rings is 1. The molecule has 144 valence electrons. The summed E-state index contributed by atoms with van der Waals surface area (Å²) in [4.78, 5) is 40.9. The fourth-order valence-electron chi connectivity index (χ4n) is 2.77. The van der Waals surface area contributed by atoms with E-state index in [0.717, 1.165) is 0 Å². The minimum absolute atomic E-state index is 0. The molecule has 2 rings (SSSR count). The van der Waals surface area contributed by atoms with Gasteiger partial charge in [0.15, 0.2) is 0 Å². The van der Waals surface area contributed by atoms with Gasteiger partial charge in [-0.05, 0) is 25.8 Å². The van der Waals surface area contributed by atoms with Crippen molar-refractivity contribution in [3.8, 4) is 0 Å². The van der Waals surface area contributed by atoms with E-state index in [0.29, 0.717) is 50.5 Å². The maximum absolute atomic E-state index is 11.8. The van der Waals surface area contributed by atoms with Crippen LogP contribution in [0.15, 0.2) is 12.3 Å². The Labute approximate surface area is 158 Å². The highest BCUT2D eigenvalue weighted by Crippen LogP contribution is 2.27. The Kier molecular flexibility index (Phi) is 8.31. The molecule has 0 atom stereocenters. The minimum Gasteiger partial charge on any atom is -0.478 e. The molecule has 2 heterocycles. The monoisotopic (exact) mass is 385 g/mol. The van der Waals surface area contributed by atoms with Gasteiger partial charge in [0.1, 0.15) is 11.4 Å². The van der Waals surface area contributed by atoms with E-state index in [4.69, 9.17) is 4.74 Å². The smallest absolute Gasteiger partial charge is 0.339 e. The van der Waals surface area contributed by atoms with Crippen LogP contribution >= 0.6 is 12.4 Å². The van der Waals surface area contributed by atoms with Gasteiger partial charge in [0.2, 0.25) is 5.91 Å². The van der Waals surface area contributed by atoms with Gasteiger partial charge in [-0.1, -0.05) is 6.92 Å². The number of rotatable bonds is 6. The number of ether oxygens (including phenoxy) is 1. The number of nitrogens with zero attached hydrogens (tertiary/aromatic N) is 2. The second-order valence-corrected chi connectivity index (χ2v) is 5.82. The van der Waals surface area contributed by atoms with E-state index in [1.54, 1.807) is 13.8 Å². The SMILES string of the molecule is CCOC(=O)C1CCN(c2ncc(NC(=O)CC)cc2C(=O)O)CC1.Cl. The molecule has 8 nitrogen and oxygen atoms in total. The van der Waals surface area contributed by atoms with Crippen LogP contribution in [0.3, 0.4) is 0 Å². The molecule has 1 aromatic heterocycles. The van der Waals surface area contributed by atoms with Gasteiger partial charge in [0.05, 0.1) is 24.4 Å². The van der Waals surface area contributed by atoms with Gasteiger partial charge in [-0.25, -0.2) is 9.78 Å². The number of piperidine rings is 1. The van der Waals surface area contributed by atoms with Crippen LogP contribution in [-0.4, -0.2) is 47.6 Å². The summed E-state index contributed by atoms with van der Waals surface area (Å²) < 4.78 is 5.04. The number of carbonyl (C=O) groups is 3. The van der Waals surface area contributed by atoms with Crippen molar-refractivity contribution in [1.82, 2.24) is 4.98 Å². The van der Waals surface area contributed by atoms with Gasteiger partial charge < -0.3 is 20.1 Å². The van der Waals surface area contributed by atoms with Crippen molar-refractivity contribution in [1.29, 1.82) is 0 Å². The number of anilines is 2.